The molecule has 1 aromatic carbocycles. The Kier molecular flexibility index (Phi) is 3.64. The first-order valence-corrected chi connectivity index (χ1v) is 4.64. The summed E-state index contributed by atoms with van der Waals surface area (Å²) in [4.78, 5) is 11.8. The standard InChI is InChI=1S/C9H8BrNO2/c10-6-2-4-8-3-1-5-9(7-8)11(12)13/h1-3,5-7H,4H2/b6-2+. The summed E-state index contributed by atoms with van der Waals surface area (Å²) in [5.74, 6) is 0. The number of allylic oxidation sites excluding steroid dienone is 1. The highest BCUT2D eigenvalue weighted by molar-refractivity contribution is 9.11. The molecule has 0 radical (unpaired) electrons. The van der Waals surface area contributed by atoms with E-state index in [-0.39, 0.29) is 10.6 Å². The number of hydrogen-bond donors (Lipinski definition) is 0. The van der Waals surface area contributed by atoms with E-state index in [0.717, 1.165) is 5.56 Å². The van der Waals surface area contributed by atoms with Crippen molar-refractivity contribution in [3.63, 3.8) is 0 Å². The Labute approximate surface area is 84.4 Å². The minimum absolute atomic E-state index is 0.139. The van der Waals surface area contributed by atoms with E-state index in [0.29, 0.717) is 6.42 Å². The number of nitro groups is 1. The Morgan fingerprint density at radius 3 is 2.92 bits per heavy atom. The second-order valence-electron chi connectivity index (χ2n) is 2.49. The number of hydrogen-bond acceptors (Lipinski definition) is 2. The van der Waals surface area contributed by atoms with E-state index in [1.54, 1.807) is 17.1 Å². The van der Waals surface area contributed by atoms with Crippen LogP contribution in [0.15, 0.2) is 35.3 Å². The van der Waals surface area contributed by atoms with Crippen LogP contribution in [0.3, 0.4) is 0 Å². The molecule has 3 nitrogen and oxygen atoms in total. The summed E-state index contributed by atoms with van der Waals surface area (Å²) in [5.41, 5.74) is 1.07. The third-order valence-electron chi connectivity index (χ3n) is 1.56. The fourth-order valence-corrected chi connectivity index (χ4v) is 1.16. The van der Waals surface area contributed by atoms with Gasteiger partial charge in [-0.2, -0.15) is 0 Å². The smallest absolute Gasteiger partial charge is 0.258 e. The van der Waals surface area contributed by atoms with Crippen LogP contribution in [0.4, 0.5) is 5.69 Å². The highest BCUT2D eigenvalue weighted by Gasteiger charge is 2.03. The fourth-order valence-electron chi connectivity index (χ4n) is 0.978. The normalized spacial score (nSPS) is 10.5. The van der Waals surface area contributed by atoms with Crippen LogP contribution in [-0.4, -0.2) is 4.92 Å². The number of benzene rings is 1. The minimum Gasteiger partial charge on any atom is -0.258 e. The predicted molar refractivity (Wildman–Crippen MR) is 54.9 cm³/mol. The van der Waals surface area contributed by atoms with Gasteiger partial charge in [0, 0.05) is 12.1 Å². The molecule has 0 spiro atoms. The number of halogens is 1. The molecule has 0 amide bonds. The van der Waals surface area contributed by atoms with Crippen molar-refractivity contribution in [1.82, 2.24) is 0 Å². The lowest BCUT2D eigenvalue weighted by molar-refractivity contribution is -0.384. The Morgan fingerprint density at radius 2 is 2.31 bits per heavy atom. The lowest BCUT2D eigenvalue weighted by Crippen LogP contribution is -1.89. The van der Waals surface area contributed by atoms with Crippen LogP contribution >= 0.6 is 15.9 Å². The van der Waals surface area contributed by atoms with Crippen LogP contribution in [0.5, 0.6) is 0 Å². The van der Waals surface area contributed by atoms with E-state index >= 15 is 0 Å². The summed E-state index contributed by atoms with van der Waals surface area (Å²) in [5, 5.41) is 10.4. The van der Waals surface area contributed by atoms with Crippen molar-refractivity contribution in [2.45, 2.75) is 6.42 Å². The Hall–Kier alpha value is -1.16. The van der Waals surface area contributed by atoms with Crippen molar-refractivity contribution in [3.8, 4) is 0 Å². The van der Waals surface area contributed by atoms with Gasteiger partial charge in [0.25, 0.3) is 5.69 Å². The van der Waals surface area contributed by atoms with E-state index in [1.807, 2.05) is 12.1 Å². The molecule has 0 atom stereocenters. The molecule has 0 fully saturated rings. The molecule has 0 aromatic heterocycles. The van der Waals surface area contributed by atoms with Crippen LogP contribution in [0.2, 0.25) is 0 Å². The van der Waals surface area contributed by atoms with Crippen LogP contribution in [0.25, 0.3) is 0 Å². The molecule has 13 heavy (non-hydrogen) atoms. The molecule has 0 aliphatic heterocycles. The second-order valence-corrected chi connectivity index (χ2v) is 3.02. The molecule has 0 N–H and O–H groups in total. The molecule has 0 heterocycles. The van der Waals surface area contributed by atoms with Crippen molar-refractivity contribution in [1.29, 1.82) is 0 Å². The van der Waals surface area contributed by atoms with Crippen LogP contribution in [0.1, 0.15) is 5.56 Å². The van der Waals surface area contributed by atoms with E-state index in [2.05, 4.69) is 15.9 Å². The van der Waals surface area contributed by atoms with Crippen molar-refractivity contribution < 1.29 is 4.92 Å². The Bertz CT molecular complexity index is 336. The molecule has 0 unspecified atom stereocenters. The quantitative estimate of drug-likeness (QED) is 0.603. The molecule has 1 aromatic rings. The van der Waals surface area contributed by atoms with E-state index < -0.39 is 0 Å². The molecule has 1 rings (SSSR count). The summed E-state index contributed by atoms with van der Waals surface area (Å²) in [6, 6.07) is 6.61. The zero-order valence-corrected chi connectivity index (χ0v) is 8.40. The Balaban J connectivity index is 2.85. The highest BCUT2D eigenvalue weighted by Crippen LogP contribution is 2.13. The second kappa shape index (κ2) is 4.77. The van der Waals surface area contributed by atoms with Crippen molar-refractivity contribution in [2.24, 2.45) is 0 Å². The lowest BCUT2D eigenvalue weighted by Gasteiger charge is -1.95. The zero-order valence-electron chi connectivity index (χ0n) is 6.81. The van der Waals surface area contributed by atoms with E-state index in [1.165, 1.54) is 6.07 Å². The minimum atomic E-state index is -0.388. The van der Waals surface area contributed by atoms with Crippen LogP contribution in [0, 0.1) is 10.1 Å². The summed E-state index contributed by atoms with van der Waals surface area (Å²) in [6.45, 7) is 0. The maximum Gasteiger partial charge on any atom is 0.269 e. The molecule has 68 valence electrons. The van der Waals surface area contributed by atoms with Gasteiger partial charge in [-0.05, 0) is 17.0 Å². The predicted octanol–water partition coefficient (Wildman–Crippen LogP) is 3.05. The first kappa shape index (κ1) is 9.92. The van der Waals surface area contributed by atoms with Gasteiger partial charge in [0.2, 0.25) is 0 Å². The number of nitro benzene ring substituents is 1. The van der Waals surface area contributed by atoms with Gasteiger partial charge in [0.15, 0.2) is 0 Å². The molecular formula is C9H8BrNO2. The summed E-state index contributed by atoms with van der Waals surface area (Å²) in [7, 11) is 0. The average molecular weight is 242 g/mol. The lowest BCUT2D eigenvalue weighted by atomic mass is 10.1. The number of rotatable bonds is 3. The van der Waals surface area contributed by atoms with Gasteiger partial charge in [-0.25, -0.2) is 0 Å². The molecule has 0 bridgehead atoms. The Morgan fingerprint density at radius 1 is 1.54 bits per heavy atom. The first-order chi connectivity index (χ1) is 6.24. The monoisotopic (exact) mass is 241 g/mol. The number of nitrogens with zero attached hydrogens (tertiary/aromatic N) is 1. The summed E-state index contributed by atoms with van der Waals surface area (Å²) >= 11 is 3.14. The molecule has 0 saturated heterocycles. The van der Waals surface area contributed by atoms with Gasteiger partial charge in [0.05, 0.1) is 4.92 Å². The van der Waals surface area contributed by atoms with Crippen LogP contribution < -0.4 is 0 Å². The first-order valence-electron chi connectivity index (χ1n) is 3.72. The van der Waals surface area contributed by atoms with Crippen molar-refractivity contribution in [2.75, 3.05) is 0 Å². The summed E-state index contributed by atoms with van der Waals surface area (Å²) in [6.07, 6.45) is 2.59. The van der Waals surface area contributed by atoms with Gasteiger partial charge < -0.3 is 0 Å². The third-order valence-corrected chi connectivity index (χ3v) is 1.94. The molecular weight excluding hydrogens is 234 g/mol. The van der Waals surface area contributed by atoms with Gasteiger partial charge in [-0.1, -0.05) is 34.1 Å². The van der Waals surface area contributed by atoms with E-state index in [4.69, 9.17) is 0 Å². The third kappa shape index (κ3) is 2.99. The molecule has 0 aliphatic rings. The van der Waals surface area contributed by atoms with Gasteiger partial charge >= 0.3 is 0 Å². The maximum atomic E-state index is 10.4. The SMILES string of the molecule is O=[N+]([O-])c1cccc(C/C=C/Br)c1. The van der Waals surface area contributed by atoms with Crippen LogP contribution in [-0.2, 0) is 6.42 Å². The zero-order chi connectivity index (χ0) is 9.68. The molecule has 0 saturated carbocycles. The largest absolute Gasteiger partial charge is 0.269 e. The van der Waals surface area contributed by atoms with Gasteiger partial charge in [-0.3, -0.25) is 10.1 Å². The highest BCUT2D eigenvalue weighted by atomic mass is 79.9. The number of non-ortho nitro benzene ring substituents is 1. The average Bonchev–Trinajstić information content (AvgIpc) is 2.15. The fraction of sp³-hybridized carbons (Fsp3) is 0.111. The van der Waals surface area contributed by atoms with Crippen molar-refractivity contribution >= 4 is 21.6 Å². The summed E-state index contributed by atoms with van der Waals surface area (Å²) < 4.78 is 0. The molecule has 0 aliphatic carbocycles. The van der Waals surface area contributed by atoms with Gasteiger partial charge in [-0.15, -0.1) is 0 Å². The van der Waals surface area contributed by atoms with Gasteiger partial charge in [0.1, 0.15) is 0 Å². The topological polar surface area (TPSA) is 43.1 Å². The van der Waals surface area contributed by atoms with E-state index in [9.17, 15) is 10.1 Å². The maximum absolute atomic E-state index is 10.4. The molecule has 4 heteroatoms. The van der Waals surface area contributed by atoms with Crippen molar-refractivity contribution in [3.05, 3.63) is 51.0 Å².